The number of halogens is 1. The largest absolute Gasteiger partial charge is 0.493 e. The molecule has 7 heteroatoms. The van der Waals surface area contributed by atoms with E-state index in [4.69, 9.17) is 25.8 Å². The SMILES string of the molecule is CCOC(=O)N1CCN(C(c2ccccc2)c2ccc(Cl)cc2)CC1(C)Cc1ccc(OC)c(OC)c1. The second-order valence-electron chi connectivity index (χ2n) is 9.55. The maximum atomic E-state index is 13.1. The summed E-state index contributed by atoms with van der Waals surface area (Å²) in [7, 11) is 3.26. The van der Waals surface area contributed by atoms with Crippen molar-refractivity contribution < 1.29 is 19.0 Å². The fourth-order valence-corrected chi connectivity index (χ4v) is 5.44. The van der Waals surface area contributed by atoms with Crippen LogP contribution in [0, 0.1) is 0 Å². The van der Waals surface area contributed by atoms with Gasteiger partial charge in [0.2, 0.25) is 0 Å². The van der Waals surface area contributed by atoms with Crippen LogP contribution in [0.3, 0.4) is 0 Å². The summed E-state index contributed by atoms with van der Waals surface area (Å²) in [6, 6.07) is 24.5. The van der Waals surface area contributed by atoms with Crippen molar-refractivity contribution in [3.05, 3.63) is 94.5 Å². The number of ether oxygens (including phenoxy) is 3. The number of piperazine rings is 1. The predicted octanol–water partition coefficient (Wildman–Crippen LogP) is 6.22. The molecule has 2 unspecified atom stereocenters. The summed E-state index contributed by atoms with van der Waals surface area (Å²) in [5.74, 6) is 1.35. The van der Waals surface area contributed by atoms with Crippen LogP contribution in [0.15, 0.2) is 72.8 Å². The molecule has 1 fully saturated rings. The third-order valence-corrected chi connectivity index (χ3v) is 7.25. The van der Waals surface area contributed by atoms with E-state index in [2.05, 4.69) is 48.2 Å². The van der Waals surface area contributed by atoms with Crippen molar-refractivity contribution >= 4 is 17.7 Å². The van der Waals surface area contributed by atoms with E-state index in [9.17, 15) is 4.79 Å². The smallest absolute Gasteiger partial charge is 0.410 e. The van der Waals surface area contributed by atoms with Crippen LogP contribution in [0.25, 0.3) is 0 Å². The van der Waals surface area contributed by atoms with Crippen LogP contribution >= 0.6 is 11.6 Å². The lowest BCUT2D eigenvalue weighted by Gasteiger charge is -2.50. The first-order valence-corrected chi connectivity index (χ1v) is 13.0. The molecule has 0 aliphatic carbocycles. The number of rotatable bonds is 8. The number of amides is 1. The Hall–Kier alpha value is -3.22. The van der Waals surface area contributed by atoms with Crippen molar-refractivity contribution in [2.75, 3.05) is 40.5 Å². The molecular formula is C30H35ClN2O4. The van der Waals surface area contributed by atoms with Gasteiger partial charge in [0.05, 0.1) is 32.4 Å². The van der Waals surface area contributed by atoms with Gasteiger partial charge in [-0.05, 0) is 61.2 Å². The van der Waals surface area contributed by atoms with Crippen LogP contribution in [0.2, 0.25) is 5.02 Å². The van der Waals surface area contributed by atoms with Crippen molar-refractivity contribution in [1.29, 1.82) is 0 Å². The lowest BCUT2D eigenvalue weighted by atomic mass is 9.86. The van der Waals surface area contributed by atoms with Crippen LogP contribution in [-0.4, -0.2) is 61.9 Å². The average Bonchev–Trinajstić information content (AvgIpc) is 2.90. The van der Waals surface area contributed by atoms with Gasteiger partial charge in [-0.1, -0.05) is 60.1 Å². The molecule has 6 nitrogen and oxygen atoms in total. The number of nitrogens with zero attached hydrogens (tertiary/aromatic N) is 2. The van der Waals surface area contributed by atoms with E-state index in [-0.39, 0.29) is 12.1 Å². The van der Waals surface area contributed by atoms with Crippen LogP contribution in [-0.2, 0) is 11.2 Å². The maximum Gasteiger partial charge on any atom is 0.410 e. The molecule has 37 heavy (non-hydrogen) atoms. The number of methoxy groups -OCH3 is 2. The zero-order valence-electron chi connectivity index (χ0n) is 21.9. The quantitative estimate of drug-likeness (QED) is 0.351. The maximum absolute atomic E-state index is 13.1. The summed E-state index contributed by atoms with van der Waals surface area (Å²) in [6.45, 7) is 6.23. The average molecular weight is 523 g/mol. The van der Waals surface area contributed by atoms with Crippen molar-refractivity contribution in [3.8, 4) is 11.5 Å². The third kappa shape index (κ3) is 6.03. The highest BCUT2D eigenvalue weighted by molar-refractivity contribution is 6.30. The monoisotopic (exact) mass is 522 g/mol. The normalized spacial score (nSPS) is 18.8. The molecule has 0 bridgehead atoms. The van der Waals surface area contributed by atoms with Crippen LogP contribution in [0.4, 0.5) is 4.79 Å². The highest BCUT2D eigenvalue weighted by Crippen LogP contribution is 2.37. The zero-order valence-corrected chi connectivity index (χ0v) is 22.7. The molecule has 1 heterocycles. The van der Waals surface area contributed by atoms with Gasteiger partial charge < -0.3 is 14.2 Å². The lowest BCUT2D eigenvalue weighted by Crippen LogP contribution is -2.64. The number of hydrogen-bond donors (Lipinski definition) is 0. The van der Waals surface area contributed by atoms with Gasteiger partial charge in [0.1, 0.15) is 0 Å². The number of carbonyl (C=O) groups excluding carboxylic acids is 1. The van der Waals surface area contributed by atoms with Gasteiger partial charge in [-0.3, -0.25) is 9.80 Å². The van der Waals surface area contributed by atoms with Gasteiger partial charge in [-0.2, -0.15) is 0 Å². The molecular weight excluding hydrogens is 488 g/mol. The number of benzene rings is 3. The van der Waals surface area contributed by atoms with Gasteiger partial charge in [0, 0.05) is 24.7 Å². The van der Waals surface area contributed by atoms with Crippen LogP contribution < -0.4 is 9.47 Å². The van der Waals surface area contributed by atoms with Gasteiger partial charge in [0.15, 0.2) is 11.5 Å². The minimum absolute atomic E-state index is 0.0209. The van der Waals surface area contributed by atoms with E-state index in [1.807, 2.05) is 48.2 Å². The summed E-state index contributed by atoms with van der Waals surface area (Å²) in [6.07, 6.45) is 0.345. The molecule has 3 aromatic rings. The van der Waals surface area contributed by atoms with Crippen molar-refractivity contribution in [2.45, 2.75) is 31.8 Å². The molecule has 0 N–H and O–H groups in total. The first kappa shape index (κ1) is 26.8. The van der Waals surface area contributed by atoms with E-state index in [0.29, 0.717) is 49.2 Å². The van der Waals surface area contributed by atoms with Gasteiger partial charge in [-0.25, -0.2) is 4.79 Å². The minimum Gasteiger partial charge on any atom is -0.493 e. The van der Waals surface area contributed by atoms with Gasteiger partial charge >= 0.3 is 6.09 Å². The second-order valence-corrected chi connectivity index (χ2v) is 9.99. The third-order valence-electron chi connectivity index (χ3n) is 6.99. The Morgan fingerprint density at radius 1 is 0.946 bits per heavy atom. The van der Waals surface area contributed by atoms with Crippen molar-refractivity contribution in [3.63, 3.8) is 0 Å². The highest BCUT2D eigenvalue weighted by atomic mass is 35.5. The predicted molar refractivity (Wildman–Crippen MR) is 147 cm³/mol. The Labute approximate surface area is 224 Å². The van der Waals surface area contributed by atoms with E-state index in [0.717, 1.165) is 11.1 Å². The standard InChI is InChI=1S/C30H35ClN2O4/c1-5-37-29(34)33-18-17-32(21-30(33,2)20-22-11-16-26(35-3)27(19-22)36-4)28(23-9-7-6-8-10-23)24-12-14-25(31)15-13-24/h6-16,19,28H,5,17-18,20-21H2,1-4H3. The summed E-state index contributed by atoms with van der Waals surface area (Å²) < 4.78 is 16.5. The van der Waals surface area contributed by atoms with Crippen molar-refractivity contribution in [2.24, 2.45) is 0 Å². The molecule has 1 aliphatic heterocycles. The van der Waals surface area contributed by atoms with E-state index in [1.165, 1.54) is 5.56 Å². The molecule has 4 rings (SSSR count). The number of carbonyl (C=O) groups is 1. The summed E-state index contributed by atoms with van der Waals surface area (Å²) in [4.78, 5) is 17.4. The van der Waals surface area contributed by atoms with Gasteiger partial charge in [-0.15, -0.1) is 0 Å². The molecule has 1 amide bonds. The highest BCUT2D eigenvalue weighted by Gasteiger charge is 2.43. The molecule has 0 aromatic heterocycles. The van der Waals surface area contributed by atoms with Crippen LogP contribution in [0.1, 0.15) is 36.6 Å². The second kappa shape index (κ2) is 11.9. The van der Waals surface area contributed by atoms with Crippen LogP contribution in [0.5, 0.6) is 11.5 Å². The van der Waals surface area contributed by atoms with Gasteiger partial charge in [0.25, 0.3) is 0 Å². The molecule has 2 atom stereocenters. The zero-order chi connectivity index (χ0) is 26.4. The Balaban J connectivity index is 1.72. The fraction of sp³-hybridized carbons (Fsp3) is 0.367. The van der Waals surface area contributed by atoms with E-state index in [1.54, 1.807) is 14.2 Å². The summed E-state index contributed by atoms with van der Waals surface area (Å²) >= 11 is 6.22. The molecule has 3 aromatic carbocycles. The molecule has 0 radical (unpaired) electrons. The molecule has 0 saturated carbocycles. The number of hydrogen-bond acceptors (Lipinski definition) is 5. The lowest BCUT2D eigenvalue weighted by molar-refractivity contribution is -0.00549. The van der Waals surface area contributed by atoms with E-state index < -0.39 is 5.54 Å². The summed E-state index contributed by atoms with van der Waals surface area (Å²) in [5.41, 5.74) is 2.89. The molecule has 1 aliphatic rings. The van der Waals surface area contributed by atoms with Crippen molar-refractivity contribution in [1.82, 2.24) is 9.80 Å². The Kier molecular flexibility index (Phi) is 8.62. The summed E-state index contributed by atoms with van der Waals surface area (Å²) in [5, 5.41) is 0.709. The Morgan fingerprint density at radius 2 is 1.62 bits per heavy atom. The Bertz CT molecular complexity index is 1190. The molecule has 0 spiro atoms. The molecule has 196 valence electrons. The first-order chi connectivity index (χ1) is 17.9. The Morgan fingerprint density at radius 3 is 2.27 bits per heavy atom. The first-order valence-electron chi connectivity index (χ1n) is 12.6. The fourth-order valence-electron chi connectivity index (χ4n) is 5.31. The van der Waals surface area contributed by atoms with E-state index >= 15 is 0 Å². The minimum atomic E-state index is -0.524. The molecule has 1 saturated heterocycles. The topological polar surface area (TPSA) is 51.2 Å².